The summed E-state index contributed by atoms with van der Waals surface area (Å²) in [5, 5.41) is 3.62. The first-order valence-electron chi connectivity index (χ1n) is 3.38. The molecule has 1 heterocycles. The molecule has 0 aromatic rings. The van der Waals surface area contributed by atoms with Crippen molar-refractivity contribution < 1.29 is 4.21 Å². The fraction of sp³-hybridized carbons (Fsp3) is 1.00. The molecule has 0 amide bonds. The maximum absolute atomic E-state index is 11.1. The van der Waals surface area contributed by atoms with Gasteiger partial charge in [-0.05, 0) is 13.0 Å². The molecule has 0 aromatic carbocycles. The van der Waals surface area contributed by atoms with E-state index in [1.54, 1.807) is 0 Å². The molecule has 10 heavy (non-hydrogen) atoms. The lowest BCUT2D eigenvalue weighted by molar-refractivity contribution is 0.667. The third kappa shape index (κ3) is 2.99. The fourth-order valence-electron chi connectivity index (χ4n) is 0.936. The van der Waals surface area contributed by atoms with Gasteiger partial charge < -0.3 is 5.32 Å². The Hall–Kier alpha value is 0.400. The molecule has 0 bridgehead atoms. The number of rotatable bonds is 0. The van der Waals surface area contributed by atoms with Gasteiger partial charge in [-0.1, -0.05) is 6.92 Å². The van der Waals surface area contributed by atoms with E-state index < -0.39 is 10.8 Å². The average Bonchev–Trinajstić information content (AvgIpc) is 1.99. The lowest BCUT2D eigenvalue weighted by Crippen LogP contribution is -2.16. The summed E-state index contributed by atoms with van der Waals surface area (Å²) in [4.78, 5) is 0. The number of nitrogens with one attached hydrogen (secondary N) is 1. The van der Waals surface area contributed by atoms with Gasteiger partial charge in [0.2, 0.25) is 0 Å². The molecule has 1 aliphatic rings. The van der Waals surface area contributed by atoms with E-state index in [-0.39, 0.29) is 12.4 Å². The minimum Gasteiger partial charge on any atom is -0.316 e. The molecule has 1 fully saturated rings. The topological polar surface area (TPSA) is 29.1 Å². The molecule has 0 aliphatic carbocycles. The zero-order valence-electron chi connectivity index (χ0n) is 6.13. The van der Waals surface area contributed by atoms with E-state index in [1.165, 1.54) is 0 Å². The van der Waals surface area contributed by atoms with Crippen LogP contribution in [0.15, 0.2) is 0 Å². The van der Waals surface area contributed by atoms with E-state index in [2.05, 4.69) is 12.2 Å². The molecule has 4 heteroatoms. The highest BCUT2D eigenvalue weighted by molar-refractivity contribution is 7.85. The largest absolute Gasteiger partial charge is 0.316 e. The van der Waals surface area contributed by atoms with E-state index in [0.717, 1.165) is 25.3 Å². The quantitative estimate of drug-likeness (QED) is 0.594. The second kappa shape index (κ2) is 5.10. The summed E-state index contributed by atoms with van der Waals surface area (Å²) in [6, 6.07) is 0. The van der Waals surface area contributed by atoms with Gasteiger partial charge in [0, 0.05) is 28.3 Å². The van der Waals surface area contributed by atoms with Crippen molar-refractivity contribution in [3.05, 3.63) is 0 Å². The zero-order chi connectivity index (χ0) is 6.69. The van der Waals surface area contributed by atoms with Crippen molar-refractivity contribution in [3.8, 4) is 0 Å². The summed E-state index contributed by atoms with van der Waals surface area (Å²) >= 11 is 0. The van der Waals surface area contributed by atoms with Crippen molar-refractivity contribution in [1.82, 2.24) is 5.32 Å². The smallest absolute Gasteiger partial charge is 0.0362 e. The lowest BCUT2D eigenvalue weighted by atomic mass is 10.3. The van der Waals surface area contributed by atoms with Gasteiger partial charge in [0.05, 0.1) is 0 Å². The first-order valence-corrected chi connectivity index (χ1v) is 4.77. The van der Waals surface area contributed by atoms with Gasteiger partial charge in [0.15, 0.2) is 0 Å². The standard InChI is InChI=1S/C6H13NOS.ClH/c1-6-2-3-7-4-5-9(6)8;/h6-7H,2-5H2,1H3;1H. The van der Waals surface area contributed by atoms with Crippen LogP contribution in [-0.4, -0.2) is 28.3 Å². The zero-order valence-corrected chi connectivity index (χ0v) is 7.76. The second-order valence-electron chi connectivity index (χ2n) is 2.43. The highest BCUT2D eigenvalue weighted by atomic mass is 35.5. The summed E-state index contributed by atoms with van der Waals surface area (Å²) in [5.74, 6) is 0.834. The molecular weight excluding hydrogens is 170 g/mol. The maximum atomic E-state index is 11.1. The monoisotopic (exact) mass is 183 g/mol. The Morgan fingerprint density at radius 2 is 2.20 bits per heavy atom. The normalized spacial score (nSPS) is 34.1. The van der Waals surface area contributed by atoms with Crippen molar-refractivity contribution >= 4 is 23.2 Å². The minimum atomic E-state index is -0.565. The van der Waals surface area contributed by atoms with Crippen LogP contribution in [0.5, 0.6) is 0 Å². The Morgan fingerprint density at radius 3 is 2.90 bits per heavy atom. The van der Waals surface area contributed by atoms with Crippen LogP contribution in [0.3, 0.4) is 0 Å². The maximum Gasteiger partial charge on any atom is 0.0362 e. The molecule has 0 aromatic heterocycles. The van der Waals surface area contributed by atoms with Gasteiger partial charge in [0.25, 0.3) is 0 Å². The lowest BCUT2D eigenvalue weighted by Gasteiger charge is -2.03. The summed E-state index contributed by atoms with van der Waals surface area (Å²) < 4.78 is 11.1. The Kier molecular flexibility index (Phi) is 5.31. The molecule has 2 atom stereocenters. The van der Waals surface area contributed by atoms with Crippen LogP contribution in [0, 0.1) is 0 Å². The highest BCUT2D eigenvalue weighted by Gasteiger charge is 2.12. The summed E-state index contributed by atoms with van der Waals surface area (Å²) in [6.45, 7) is 4.02. The van der Waals surface area contributed by atoms with Crippen LogP contribution in [0.4, 0.5) is 0 Å². The van der Waals surface area contributed by atoms with E-state index >= 15 is 0 Å². The molecule has 62 valence electrons. The van der Waals surface area contributed by atoms with Crippen LogP contribution < -0.4 is 5.32 Å². The molecule has 1 aliphatic heterocycles. The van der Waals surface area contributed by atoms with Crippen LogP contribution >= 0.6 is 12.4 Å². The van der Waals surface area contributed by atoms with E-state index in [1.807, 2.05) is 0 Å². The van der Waals surface area contributed by atoms with Gasteiger partial charge in [0.1, 0.15) is 0 Å². The van der Waals surface area contributed by atoms with Gasteiger partial charge in [-0.15, -0.1) is 12.4 Å². The molecule has 0 spiro atoms. The number of hydrogen-bond acceptors (Lipinski definition) is 2. The van der Waals surface area contributed by atoms with E-state index in [4.69, 9.17) is 0 Å². The Bertz CT molecular complexity index is 120. The van der Waals surface area contributed by atoms with Gasteiger partial charge in [-0.25, -0.2) is 0 Å². The summed E-state index contributed by atoms with van der Waals surface area (Å²) in [6.07, 6.45) is 1.06. The number of halogens is 1. The molecule has 2 unspecified atom stereocenters. The summed E-state index contributed by atoms with van der Waals surface area (Å²) in [7, 11) is -0.565. The van der Waals surface area contributed by atoms with Crippen molar-refractivity contribution in [1.29, 1.82) is 0 Å². The molecule has 0 saturated carbocycles. The van der Waals surface area contributed by atoms with Crippen molar-refractivity contribution in [3.63, 3.8) is 0 Å². The van der Waals surface area contributed by atoms with E-state index in [9.17, 15) is 4.21 Å². The summed E-state index contributed by atoms with van der Waals surface area (Å²) in [5.41, 5.74) is 0. The molecule has 2 nitrogen and oxygen atoms in total. The van der Waals surface area contributed by atoms with Crippen LogP contribution in [0.1, 0.15) is 13.3 Å². The fourth-order valence-corrected chi connectivity index (χ4v) is 2.06. The third-order valence-corrected chi connectivity index (χ3v) is 3.40. The predicted molar refractivity (Wildman–Crippen MR) is 47.2 cm³/mol. The highest BCUT2D eigenvalue weighted by Crippen LogP contribution is 2.02. The van der Waals surface area contributed by atoms with Crippen molar-refractivity contribution in [2.45, 2.75) is 18.6 Å². The van der Waals surface area contributed by atoms with Crippen LogP contribution in [0.2, 0.25) is 0 Å². The number of hydrogen-bond donors (Lipinski definition) is 1. The molecule has 1 saturated heterocycles. The SMILES string of the molecule is CC1CCNCCS1=O.Cl. The Balaban J connectivity index is 0.000000810. The first-order chi connectivity index (χ1) is 4.30. The van der Waals surface area contributed by atoms with Gasteiger partial charge in [-0.2, -0.15) is 0 Å². The second-order valence-corrected chi connectivity index (χ2v) is 4.41. The predicted octanol–water partition coefficient (Wildman–Crippen LogP) is 0.539. The Morgan fingerprint density at radius 1 is 1.50 bits per heavy atom. The van der Waals surface area contributed by atoms with Gasteiger partial charge >= 0.3 is 0 Å². The van der Waals surface area contributed by atoms with Crippen LogP contribution in [-0.2, 0) is 10.8 Å². The third-order valence-electron chi connectivity index (χ3n) is 1.66. The van der Waals surface area contributed by atoms with Gasteiger partial charge in [-0.3, -0.25) is 4.21 Å². The Labute approximate surface area is 70.6 Å². The average molecular weight is 184 g/mol. The van der Waals surface area contributed by atoms with Crippen molar-refractivity contribution in [2.75, 3.05) is 18.8 Å². The molecule has 1 N–H and O–H groups in total. The van der Waals surface area contributed by atoms with E-state index in [0.29, 0.717) is 5.25 Å². The van der Waals surface area contributed by atoms with Crippen LogP contribution in [0.25, 0.3) is 0 Å². The minimum absolute atomic E-state index is 0. The van der Waals surface area contributed by atoms with Crippen molar-refractivity contribution in [2.24, 2.45) is 0 Å². The molecule has 0 radical (unpaired) electrons. The molecular formula is C6H14ClNOS. The first kappa shape index (κ1) is 10.4. The molecule has 1 rings (SSSR count).